The third-order valence-corrected chi connectivity index (χ3v) is 11.8. The first kappa shape index (κ1) is 30.9. The normalized spacial score (nSPS) is 23.2. The van der Waals surface area contributed by atoms with Gasteiger partial charge in [-0.3, -0.25) is 0 Å². The Kier molecular flexibility index (Phi) is 9.06. The largest absolute Gasteiger partial charge is 0.490 e. The minimum absolute atomic E-state index is 0.0662. The molecule has 0 aliphatic carbocycles. The molecule has 1 saturated heterocycles. The molecule has 15 heteroatoms. The third kappa shape index (κ3) is 6.25. The number of fused-ring (bicyclic) bond motifs is 3. The van der Waals surface area contributed by atoms with Gasteiger partial charge in [0.1, 0.15) is 20.4 Å². The molecule has 40 heavy (non-hydrogen) atoms. The molecule has 0 radical (unpaired) electrons. The van der Waals surface area contributed by atoms with E-state index < -0.39 is 83.6 Å². The molecule has 4 rings (SSSR count). The number of hydrogen-bond acceptors (Lipinski definition) is 7. The number of rotatable bonds is 10. The summed E-state index contributed by atoms with van der Waals surface area (Å²) in [5.41, 5.74) is -0.467. The van der Waals surface area contributed by atoms with Crippen molar-refractivity contribution in [2.75, 3.05) is 37.8 Å². The van der Waals surface area contributed by atoms with Gasteiger partial charge in [0.05, 0.1) is 41.2 Å². The van der Waals surface area contributed by atoms with Gasteiger partial charge in [-0.05, 0) is 62.2 Å². The Bertz CT molecular complexity index is 1440. The van der Waals surface area contributed by atoms with Crippen molar-refractivity contribution in [2.45, 2.75) is 41.2 Å². The van der Waals surface area contributed by atoms with Crippen LogP contribution in [0.15, 0.2) is 41.3 Å². The van der Waals surface area contributed by atoms with Crippen LogP contribution < -0.4 is 10.1 Å². The summed E-state index contributed by atoms with van der Waals surface area (Å²) in [6.45, 7) is -1.98. The standard InChI is InChI=1S/C25H27ClF5NO6S2/c26-16-2-4-17(5-3-16)40(35,36)24-9-11-37-21(8-13-39(33,34)12-1-10-32-15-25(29,30)31)18(24)14-38-23-20(28)7-6-19(27)22(23)24/h2-7,18,21,32H,1,8-15H2/t18-,21-,24-/m0/s1. The number of alkyl halides is 3. The Balaban J connectivity index is 1.63. The zero-order valence-corrected chi connectivity index (χ0v) is 23.4. The fraction of sp³-hybridized carbons (Fsp3) is 0.520. The molecule has 2 heterocycles. The van der Waals surface area contributed by atoms with Gasteiger partial charge in [0.15, 0.2) is 21.4 Å². The van der Waals surface area contributed by atoms with Crippen molar-refractivity contribution < 1.29 is 48.3 Å². The predicted octanol–water partition coefficient (Wildman–Crippen LogP) is 4.43. The second kappa shape index (κ2) is 11.7. The van der Waals surface area contributed by atoms with Gasteiger partial charge >= 0.3 is 6.18 Å². The van der Waals surface area contributed by atoms with E-state index in [1.54, 1.807) is 0 Å². The Morgan fingerprint density at radius 1 is 1.00 bits per heavy atom. The predicted molar refractivity (Wildman–Crippen MR) is 137 cm³/mol. The van der Waals surface area contributed by atoms with Crippen LogP contribution in [0.25, 0.3) is 0 Å². The number of hydrogen-bond donors (Lipinski definition) is 1. The summed E-state index contributed by atoms with van der Waals surface area (Å²) in [5.74, 6) is -4.41. The molecule has 2 aromatic rings. The molecule has 2 aromatic carbocycles. The molecule has 2 aliphatic heterocycles. The highest BCUT2D eigenvalue weighted by Gasteiger charge is 2.61. The highest BCUT2D eigenvalue weighted by molar-refractivity contribution is 7.92. The van der Waals surface area contributed by atoms with Gasteiger partial charge in [-0.25, -0.2) is 25.6 Å². The molecule has 0 bridgehead atoms. The number of sulfone groups is 2. The first-order valence-corrected chi connectivity index (χ1v) is 16.1. The highest BCUT2D eigenvalue weighted by Crippen LogP contribution is 2.56. The lowest BCUT2D eigenvalue weighted by Crippen LogP contribution is -2.57. The molecule has 3 atom stereocenters. The SMILES string of the molecule is O=S(=O)(CCCNCC(F)(F)F)CC[C@@H]1OCC[C@@]2(S(=O)(=O)c3ccc(Cl)cc3)c3c(F)ccc(F)c3OC[C@@H]12. The summed E-state index contributed by atoms with van der Waals surface area (Å²) in [4.78, 5) is -0.182. The molecule has 0 unspecified atom stereocenters. The maximum absolute atomic E-state index is 15.4. The van der Waals surface area contributed by atoms with Crippen molar-refractivity contribution in [3.05, 3.63) is 58.6 Å². The van der Waals surface area contributed by atoms with Crippen molar-refractivity contribution in [1.82, 2.24) is 5.32 Å². The molecule has 0 saturated carbocycles. The number of ether oxygens (including phenoxy) is 2. The van der Waals surface area contributed by atoms with Gasteiger partial charge in [0, 0.05) is 17.5 Å². The molecule has 0 aromatic heterocycles. The average Bonchev–Trinajstić information content (AvgIpc) is 2.88. The summed E-state index contributed by atoms with van der Waals surface area (Å²) in [5, 5.41) is 2.39. The van der Waals surface area contributed by atoms with Crippen molar-refractivity contribution >= 4 is 31.3 Å². The smallest absolute Gasteiger partial charge is 0.401 e. The van der Waals surface area contributed by atoms with Gasteiger partial charge < -0.3 is 14.8 Å². The molecule has 1 fully saturated rings. The molecule has 0 spiro atoms. The van der Waals surface area contributed by atoms with Crippen molar-refractivity contribution in [3.63, 3.8) is 0 Å². The van der Waals surface area contributed by atoms with Gasteiger partial charge in [0.2, 0.25) is 0 Å². The monoisotopic (exact) mass is 631 g/mol. The Labute approximate surface area is 233 Å². The van der Waals surface area contributed by atoms with Crippen LogP contribution in [0.1, 0.15) is 24.8 Å². The van der Waals surface area contributed by atoms with Gasteiger partial charge in [0.25, 0.3) is 0 Å². The minimum Gasteiger partial charge on any atom is -0.490 e. The average molecular weight is 632 g/mol. The molecular weight excluding hydrogens is 605 g/mol. The molecule has 7 nitrogen and oxygen atoms in total. The lowest BCUT2D eigenvalue weighted by molar-refractivity contribution is -0.124. The summed E-state index contributed by atoms with van der Waals surface area (Å²) in [6, 6.07) is 6.89. The van der Waals surface area contributed by atoms with Crippen LogP contribution in [0.3, 0.4) is 0 Å². The van der Waals surface area contributed by atoms with Crippen molar-refractivity contribution in [2.24, 2.45) is 5.92 Å². The Morgan fingerprint density at radius 3 is 2.35 bits per heavy atom. The second-order valence-corrected chi connectivity index (χ2v) is 14.7. The number of halogens is 6. The van der Waals surface area contributed by atoms with Crippen molar-refractivity contribution in [1.29, 1.82) is 0 Å². The van der Waals surface area contributed by atoms with E-state index in [2.05, 4.69) is 5.32 Å². The van der Waals surface area contributed by atoms with Gasteiger partial charge in [-0.1, -0.05) is 11.6 Å². The van der Waals surface area contributed by atoms with E-state index >= 15 is 4.39 Å². The maximum atomic E-state index is 15.4. The van der Waals surface area contributed by atoms with Crippen LogP contribution in [-0.4, -0.2) is 66.9 Å². The summed E-state index contributed by atoms with van der Waals surface area (Å²) in [6.07, 6.45) is -5.93. The van der Waals surface area contributed by atoms with E-state index in [4.69, 9.17) is 21.1 Å². The van der Waals surface area contributed by atoms with E-state index in [9.17, 15) is 34.4 Å². The Morgan fingerprint density at radius 2 is 1.68 bits per heavy atom. The summed E-state index contributed by atoms with van der Waals surface area (Å²) < 4.78 is 130. The van der Waals surface area contributed by atoms with Crippen LogP contribution in [0.4, 0.5) is 22.0 Å². The maximum Gasteiger partial charge on any atom is 0.401 e. The van der Waals surface area contributed by atoms with Crippen LogP contribution in [0, 0.1) is 17.6 Å². The van der Waals surface area contributed by atoms with E-state index in [1.807, 2.05) is 0 Å². The van der Waals surface area contributed by atoms with Crippen LogP contribution in [0.2, 0.25) is 5.02 Å². The zero-order chi connectivity index (χ0) is 29.3. The fourth-order valence-electron chi connectivity index (χ4n) is 5.38. The molecule has 222 valence electrons. The van der Waals surface area contributed by atoms with E-state index in [0.717, 1.165) is 12.1 Å². The van der Waals surface area contributed by atoms with Crippen LogP contribution in [-0.2, 0) is 29.2 Å². The first-order chi connectivity index (χ1) is 18.7. The van der Waals surface area contributed by atoms with Crippen LogP contribution in [0.5, 0.6) is 5.75 Å². The van der Waals surface area contributed by atoms with E-state index in [0.29, 0.717) is 0 Å². The lowest BCUT2D eigenvalue weighted by Gasteiger charge is -2.50. The van der Waals surface area contributed by atoms with Crippen molar-refractivity contribution in [3.8, 4) is 5.75 Å². The topological polar surface area (TPSA) is 98.8 Å². The van der Waals surface area contributed by atoms with E-state index in [-0.39, 0.29) is 48.9 Å². The quantitative estimate of drug-likeness (QED) is 0.306. The zero-order valence-electron chi connectivity index (χ0n) is 21.0. The Hall–Kier alpha value is -2.00. The summed E-state index contributed by atoms with van der Waals surface area (Å²) >= 11 is 5.94. The number of benzene rings is 2. The minimum atomic E-state index is -4.45. The third-order valence-electron chi connectivity index (χ3n) is 7.19. The van der Waals surface area contributed by atoms with E-state index in [1.165, 1.54) is 24.3 Å². The molecule has 2 aliphatic rings. The molecule has 1 N–H and O–H groups in total. The first-order valence-electron chi connectivity index (χ1n) is 12.4. The second-order valence-electron chi connectivity index (χ2n) is 9.74. The summed E-state index contributed by atoms with van der Waals surface area (Å²) in [7, 11) is -8.21. The fourth-order valence-corrected chi connectivity index (χ4v) is 9.23. The highest BCUT2D eigenvalue weighted by atomic mass is 35.5. The number of nitrogens with one attached hydrogen (secondary N) is 1. The van der Waals surface area contributed by atoms with Gasteiger partial charge in [-0.2, -0.15) is 13.2 Å². The molecule has 0 amide bonds. The molecular formula is C25H27ClF5NO6S2. The lowest BCUT2D eigenvalue weighted by atomic mass is 9.75. The van der Waals surface area contributed by atoms with Crippen LogP contribution >= 0.6 is 11.6 Å². The van der Waals surface area contributed by atoms with Gasteiger partial charge in [-0.15, -0.1) is 0 Å².